The van der Waals surface area contributed by atoms with Crippen molar-refractivity contribution in [2.75, 3.05) is 17.5 Å². The van der Waals surface area contributed by atoms with Gasteiger partial charge in [0.1, 0.15) is 11.4 Å². The molecule has 2 heterocycles. The minimum absolute atomic E-state index is 0.0996. The minimum Gasteiger partial charge on any atom is -0.477 e. The van der Waals surface area contributed by atoms with Crippen molar-refractivity contribution in [2.24, 2.45) is 0 Å². The largest absolute Gasteiger partial charge is 0.477 e. The van der Waals surface area contributed by atoms with Gasteiger partial charge in [-0.25, -0.2) is 17.6 Å². The van der Waals surface area contributed by atoms with Gasteiger partial charge in [-0.2, -0.15) is 0 Å². The molecule has 37 heavy (non-hydrogen) atoms. The molecule has 1 aliphatic heterocycles. The smallest absolute Gasteiger partial charge is 0.341 e. The predicted molar refractivity (Wildman–Crippen MR) is 130 cm³/mol. The van der Waals surface area contributed by atoms with Crippen molar-refractivity contribution >= 4 is 38.3 Å². The Hall–Kier alpha value is -3.84. The Balaban J connectivity index is 1.69. The SMILES string of the molecule is O=C(O)c1cn(C2CC2)c2cc(N(CC3CCCO3)S(=O)(=O)c3ccc([N+](=O)[O-])cc3)c(F)cc2c1=O. The summed E-state index contributed by atoms with van der Waals surface area (Å²) >= 11 is 0. The lowest BCUT2D eigenvalue weighted by atomic mass is 10.1. The van der Waals surface area contributed by atoms with Crippen molar-refractivity contribution in [3.63, 3.8) is 0 Å². The van der Waals surface area contributed by atoms with Crippen LogP contribution in [0.3, 0.4) is 0 Å². The van der Waals surface area contributed by atoms with Gasteiger partial charge in [-0.05, 0) is 49.9 Å². The highest BCUT2D eigenvalue weighted by Gasteiger charge is 2.33. The third kappa shape index (κ3) is 4.55. The fraction of sp³-hybridized carbons (Fsp3) is 0.333. The van der Waals surface area contributed by atoms with Gasteiger partial charge in [0.15, 0.2) is 0 Å². The second-order valence-electron chi connectivity index (χ2n) is 9.06. The molecular weight excluding hydrogens is 509 g/mol. The van der Waals surface area contributed by atoms with E-state index < -0.39 is 43.8 Å². The van der Waals surface area contributed by atoms with Crippen LogP contribution in [0.2, 0.25) is 0 Å². The van der Waals surface area contributed by atoms with Gasteiger partial charge in [0.05, 0.1) is 33.7 Å². The molecule has 1 aromatic heterocycles. The highest BCUT2D eigenvalue weighted by atomic mass is 32.2. The van der Waals surface area contributed by atoms with Gasteiger partial charge in [-0.3, -0.25) is 19.2 Å². The Kier molecular flexibility index (Phi) is 6.20. The lowest BCUT2D eigenvalue weighted by Crippen LogP contribution is -2.38. The van der Waals surface area contributed by atoms with Crippen LogP contribution in [0.1, 0.15) is 42.1 Å². The molecule has 194 valence electrons. The van der Waals surface area contributed by atoms with E-state index in [0.717, 1.165) is 47.5 Å². The normalized spacial score (nSPS) is 17.7. The third-order valence-corrected chi connectivity index (χ3v) is 8.36. The lowest BCUT2D eigenvalue weighted by Gasteiger charge is -2.28. The van der Waals surface area contributed by atoms with Gasteiger partial charge < -0.3 is 14.4 Å². The number of aromatic carboxylic acids is 1. The van der Waals surface area contributed by atoms with Gasteiger partial charge in [0.25, 0.3) is 15.7 Å². The quantitative estimate of drug-likeness (QED) is 0.343. The number of nitro groups is 1. The summed E-state index contributed by atoms with van der Waals surface area (Å²) in [5.74, 6) is -2.47. The molecule has 1 saturated carbocycles. The third-order valence-electron chi connectivity index (χ3n) is 6.57. The van der Waals surface area contributed by atoms with Crippen molar-refractivity contribution < 1.29 is 32.4 Å². The van der Waals surface area contributed by atoms with Crippen LogP contribution in [0.25, 0.3) is 10.9 Å². The molecule has 0 spiro atoms. The second kappa shape index (κ2) is 9.23. The summed E-state index contributed by atoms with van der Waals surface area (Å²) in [7, 11) is -4.42. The first kappa shape index (κ1) is 24.8. The molecule has 1 aliphatic carbocycles. The number of ether oxygens (including phenoxy) is 1. The number of rotatable bonds is 8. The van der Waals surface area contributed by atoms with E-state index in [1.807, 2.05) is 0 Å². The van der Waals surface area contributed by atoms with Crippen molar-refractivity contribution in [3.05, 3.63) is 74.3 Å². The molecule has 13 heteroatoms. The van der Waals surface area contributed by atoms with Crippen LogP contribution in [-0.2, 0) is 14.8 Å². The topological polar surface area (TPSA) is 149 Å². The van der Waals surface area contributed by atoms with Gasteiger partial charge in [0.2, 0.25) is 5.43 Å². The van der Waals surface area contributed by atoms with E-state index in [-0.39, 0.29) is 39.8 Å². The summed E-state index contributed by atoms with van der Waals surface area (Å²) in [5.41, 5.74) is -1.79. The number of hydrogen-bond acceptors (Lipinski definition) is 7. The highest BCUT2D eigenvalue weighted by Crippen LogP contribution is 2.39. The first-order valence-corrected chi connectivity index (χ1v) is 13.0. The standard InChI is InChI=1S/C24H22FN3O8S/c25-20-10-18-21(26(14-3-4-14)13-19(23(18)29)24(30)31)11-22(20)27(12-16-2-1-9-36-16)37(34,35)17-7-5-15(6-8-17)28(32)33/h5-8,10-11,13-14,16H,1-4,9,12H2,(H,30,31). The van der Waals surface area contributed by atoms with E-state index >= 15 is 4.39 Å². The van der Waals surface area contributed by atoms with Crippen molar-refractivity contribution in [1.29, 1.82) is 0 Å². The van der Waals surface area contributed by atoms with E-state index in [0.29, 0.717) is 19.4 Å². The van der Waals surface area contributed by atoms with Crippen LogP contribution < -0.4 is 9.73 Å². The van der Waals surface area contributed by atoms with E-state index in [1.54, 1.807) is 4.57 Å². The average Bonchev–Trinajstić information content (AvgIpc) is 3.57. The number of benzene rings is 2. The van der Waals surface area contributed by atoms with Crippen molar-refractivity contribution in [1.82, 2.24) is 4.57 Å². The summed E-state index contributed by atoms with van der Waals surface area (Å²) in [6, 6.07) is 6.26. The molecule has 0 amide bonds. The van der Waals surface area contributed by atoms with Crippen LogP contribution in [0, 0.1) is 15.9 Å². The lowest BCUT2D eigenvalue weighted by molar-refractivity contribution is -0.384. The first-order chi connectivity index (χ1) is 17.6. The number of halogens is 1. The molecule has 1 N–H and O–H groups in total. The fourth-order valence-electron chi connectivity index (χ4n) is 4.52. The van der Waals surface area contributed by atoms with E-state index in [4.69, 9.17) is 4.74 Å². The number of fused-ring (bicyclic) bond motifs is 1. The molecule has 5 rings (SSSR count). The minimum atomic E-state index is -4.42. The van der Waals surface area contributed by atoms with Crippen LogP contribution in [0.5, 0.6) is 0 Å². The number of nitrogens with zero attached hydrogens (tertiary/aromatic N) is 3. The molecule has 1 unspecified atom stereocenters. The number of carboxylic acid groups (broad SMARTS) is 1. The predicted octanol–water partition coefficient (Wildman–Crippen LogP) is 3.46. The number of aromatic nitrogens is 1. The zero-order valence-electron chi connectivity index (χ0n) is 19.4. The number of nitro benzene ring substituents is 1. The van der Waals surface area contributed by atoms with Crippen LogP contribution in [-0.4, -0.2) is 48.2 Å². The Bertz CT molecular complexity index is 1580. The Morgan fingerprint density at radius 3 is 2.49 bits per heavy atom. The van der Waals surface area contributed by atoms with E-state index in [2.05, 4.69) is 0 Å². The number of carbonyl (C=O) groups is 1. The maximum absolute atomic E-state index is 15.6. The number of hydrogen-bond donors (Lipinski definition) is 1. The number of pyridine rings is 1. The van der Waals surface area contributed by atoms with Gasteiger partial charge in [0, 0.05) is 36.4 Å². The second-order valence-corrected chi connectivity index (χ2v) is 10.9. The Morgan fingerprint density at radius 2 is 1.92 bits per heavy atom. The summed E-state index contributed by atoms with van der Waals surface area (Å²) in [6.07, 6.45) is 3.41. The molecule has 3 aromatic rings. The summed E-state index contributed by atoms with van der Waals surface area (Å²) in [4.78, 5) is 34.5. The molecule has 11 nitrogen and oxygen atoms in total. The van der Waals surface area contributed by atoms with Crippen LogP contribution >= 0.6 is 0 Å². The van der Waals surface area contributed by atoms with Gasteiger partial charge in [-0.1, -0.05) is 0 Å². The number of non-ortho nitro benzene ring substituents is 1. The monoisotopic (exact) mass is 531 g/mol. The van der Waals surface area contributed by atoms with Gasteiger partial charge in [-0.15, -0.1) is 0 Å². The van der Waals surface area contributed by atoms with E-state index in [9.17, 15) is 33.2 Å². The summed E-state index contributed by atoms with van der Waals surface area (Å²) in [6.45, 7) is 0.206. The maximum Gasteiger partial charge on any atom is 0.341 e. The number of carboxylic acids is 1. The zero-order chi connectivity index (χ0) is 26.5. The molecule has 1 atom stereocenters. The molecule has 2 aromatic carbocycles. The summed E-state index contributed by atoms with van der Waals surface area (Å²) in [5, 5.41) is 20.3. The van der Waals surface area contributed by atoms with Crippen LogP contribution in [0.4, 0.5) is 15.8 Å². The van der Waals surface area contributed by atoms with E-state index in [1.165, 1.54) is 12.3 Å². The molecule has 2 fully saturated rings. The maximum atomic E-state index is 15.6. The summed E-state index contributed by atoms with van der Waals surface area (Å²) < 4.78 is 51.1. The highest BCUT2D eigenvalue weighted by molar-refractivity contribution is 7.92. The molecule has 2 aliphatic rings. The van der Waals surface area contributed by atoms with Crippen LogP contribution in [0.15, 0.2) is 52.3 Å². The van der Waals surface area contributed by atoms with Gasteiger partial charge >= 0.3 is 5.97 Å². The molecular formula is C24H22FN3O8S. The molecule has 1 saturated heterocycles. The zero-order valence-corrected chi connectivity index (χ0v) is 20.2. The fourth-order valence-corrected chi connectivity index (χ4v) is 6.02. The molecule has 0 radical (unpaired) electrons. The Morgan fingerprint density at radius 1 is 1.22 bits per heavy atom. The average molecular weight is 532 g/mol. The number of anilines is 1. The van der Waals surface area contributed by atoms with Crippen molar-refractivity contribution in [3.8, 4) is 0 Å². The Labute approximate surface area is 209 Å². The van der Waals surface area contributed by atoms with Crippen molar-refractivity contribution in [2.45, 2.75) is 42.7 Å². The number of sulfonamides is 1. The molecule has 0 bridgehead atoms. The first-order valence-electron chi connectivity index (χ1n) is 11.6.